The summed E-state index contributed by atoms with van der Waals surface area (Å²) in [5.41, 5.74) is 1.04. The zero-order valence-electron chi connectivity index (χ0n) is 16.3. The number of ether oxygens (including phenoxy) is 1. The first-order valence-electron chi connectivity index (χ1n) is 9.30. The van der Waals surface area contributed by atoms with Gasteiger partial charge in [0.2, 0.25) is 10.0 Å². The molecule has 3 N–H and O–H groups in total. The van der Waals surface area contributed by atoms with Crippen molar-refractivity contribution in [1.82, 2.24) is 5.32 Å². The summed E-state index contributed by atoms with van der Waals surface area (Å²) in [6, 6.07) is 10.8. The van der Waals surface area contributed by atoms with Gasteiger partial charge in [-0.3, -0.25) is 14.3 Å². The molecule has 2 amide bonds. The van der Waals surface area contributed by atoms with Crippen LogP contribution < -0.4 is 15.4 Å². The maximum Gasteiger partial charge on any atom is 0.257 e. The van der Waals surface area contributed by atoms with Crippen LogP contribution in [0.25, 0.3) is 0 Å². The molecule has 2 aromatic carbocycles. The van der Waals surface area contributed by atoms with Crippen molar-refractivity contribution >= 4 is 44.8 Å². The van der Waals surface area contributed by atoms with Gasteiger partial charge in [-0.1, -0.05) is 23.7 Å². The number of para-hydroxylation sites is 1. The van der Waals surface area contributed by atoms with Crippen LogP contribution in [-0.4, -0.2) is 45.7 Å². The summed E-state index contributed by atoms with van der Waals surface area (Å²) in [5, 5.41) is 5.59. The minimum Gasteiger partial charge on any atom is -0.376 e. The van der Waals surface area contributed by atoms with Crippen LogP contribution in [0.15, 0.2) is 42.5 Å². The van der Waals surface area contributed by atoms with Crippen LogP contribution in [-0.2, 0) is 14.8 Å². The van der Waals surface area contributed by atoms with Crippen LogP contribution in [0, 0.1) is 0 Å². The van der Waals surface area contributed by atoms with E-state index in [4.69, 9.17) is 16.3 Å². The fourth-order valence-corrected chi connectivity index (χ4v) is 3.89. The maximum atomic E-state index is 12.7. The number of amides is 2. The normalized spacial score (nSPS) is 16.1. The standard InChI is InChI=1S/C20H22ClN3O5S/c1-30(27,28)24-13-8-9-15(17(21)11-13)20(26)23-18-7-3-2-6-16(18)19(25)22-12-14-5-4-10-29-14/h2-3,6-9,11,14,24H,4-5,10,12H2,1H3,(H,22,25)(H,23,26)/t14-/m0/s1. The van der Waals surface area contributed by atoms with Crippen LogP contribution in [0.5, 0.6) is 0 Å². The Labute approximate surface area is 180 Å². The van der Waals surface area contributed by atoms with Crippen LogP contribution in [0.4, 0.5) is 11.4 Å². The molecule has 2 aromatic rings. The predicted octanol–water partition coefficient (Wildman–Crippen LogP) is 2.87. The van der Waals surface area contributed by atoms with Crippen LogP contribution in [0.3, 0.4) is 0 Å². The van der Waals surface area contributed by atoms with Crippen molar-refractivity contribution < 1.29 is 22.7 Å². The Balaban J connectivity index is 1.71. The second kappa shape index (κ2) is 9.46. The van der Waals surface area contributed by atoms with E-state index >= 15 is 0 Å². The Morgan fingerprint density at radius 1 is 1.13 bits per heavy atom. The highest BCUT2D eigenvalue weighted by molar-refractivity contribution is 7.92. The van der Waals surface area contributed by atoms with E-state index < -0.39 is 15.9 Å². The van der Waals surface area contributed by atoms with Crippen molar-refractivity contribution in [2.24, 2.45) is 0 Å². The lowest BCUT2D eigenvalue weighted by Gasteiger charge is -2.14. The Morgan fingerprint density at radius 2 is 1.90 bits per heavy atom. The number of nitrogens with one attached hydrogen (secondary N) is 3. The minimum atomic E-state index is -3.47. The third kappa shape index (κ3) is 5.94. The van der Waals surface area contributed by atoms with E-state index in [1.807, 2.05) is 0 Å². The van der Waals surface area contributed by atoms with Gasteiger partial charge >= 0.3 is 0 Å². The summed E-state index contributed by atoms with van der Waals surface area (Å²) in [4.78, 5) is 25.3. The molecule has 10 heteroatoms. The van der Waals surface area contributed by atoms with Crippen molar-refractivity contribution in [3.8, 4) is 0 Å². The van der Waals surface area contributed by atoms with Crippen LogP contribution in [0.1, 0.15) is 33.6 Å². The van der Waals surface area contributed by atoms with Crippen molar-refractivity contribution in [1.29, 1.82) is 0 Å². The first-order chi connectivity index (χ1) is 14.2. The van der Waals surface area contributed by atoms with Gasteiger partial charge in [0, 0.05) is 18.8 Å². The lowest BCUT2D eigenvalue weighted by Crippen LogP contribution is -2.32. The fraction of sp³-hybridized carbons (Fsp3) is 0.300. The van der Waals surface area contributed by atoms with Gasteiger partial charge in [-0.2, -0.15) is 0 Å². The molecule has 3 rings (SSSR count). The summed E-state index contributed by atoms with van der Waals surface area (Å²) < 4.78 is 30.5. The topological polar surface area (TPSA) is 114 Å². The first-order valence-corrected chi connectivity index (χ1v) is 11.6. The fourth-order valence-electron chi connectivity index (χ4n) is 3.06. The molecule has 1 heterocycles. The lowest BCUT2D eigenvalue weighted by atomic mass is 10.1. The van der Waals surface area contributed by atoms with E-state index in [2.05, 4.69) is 15.4 Å². The van der Waals surface area contributed by atoms with Gasteiger partial charge in [0.25, 0.3) is 11.8 Å². The third-order valence-electron chi connectivity index (χ3n) is 4.45. The molecule has 1 fully saturated rings. The average Bonchev–Trinajstić information content (AvgIpc) is 3.19. The second-order valence-corrected chi connectivity index (χ2v) is 9.07. The van der Waals surface area contributed by atoms with Gasteiger partial charge in [0.1, 0.15) is 0 Å². The number of anilines is 2. The molecule has 0 bridgehead atoms. The molecule has 160 valence electrons. The van der Waals surface area contributed by atoms with Crippen molar-refractivity contribution in [2.75, 3.05) is 29.4 Å². The van der Waals surface area contributed by atoms with Crippen molar-refractivity contribution in [3.05, 3.63) is 58.6 Å². The summed E-state index contributed by atoms with van der Waals surface area (Å²) in [6.45, 7) is 1.11. The lowest BCUT2D eigenvalue weighted by molar-refractivity contribution is 0.0858. The molecule has 0 radical (unpaired) electrons. The molecule has 0 spiro atoms. The van der Waals surface area contributed by atoms with Gasteiger partial charge in [-0.15, -0.1) is 0 Å². The van der Waals surface area contributed by atoms with E-state index in [9.17, 15) is 18.0 Å². The molecule has 0 saturated carbocycles. The monoisotopic (exact) mass is 451 g/mol. The van der Waals surface area contributed by atoms with E-state index in [1.54, 1.807) is 24.3 Å². The highest BCUT2D eigenvalue weighted by Crippen LogP contribution is 2.24. The Hall–Kier alpha value is -2.62. The highest BCUT2D eigenvalue weighted by atomic mass is 35.5. The number of hydrogen-bond donors (Lipinski definition) is 3. The average molecular weight is 452 g/mol. The molecule has 0 aromatic heterocycles. The van der Waals surface area contributed by atoms with Gasteiger partial charge in [-0.05, 0) is 43.2 Å². The number of carbonyl (C=O) groups is 2. The number of sulfonamides is 1. The molecule has 1 aliphatic heterocycles. The Kier molecular flexibility index (Phi) is 6.96. The van der Waals surface area contributed by atoms with E-state index in [0.717, 1.165) is 19.1 Å². The molecular weight excluding hydrogens is 430 g/mol. The van der Waals surface area contributed by atoms with E-state index in [0.29, 0.717) is 24.4 Å². The summed E-state index contributed by atoms with van der Waals surface area (Å²) in [7, 11) is -3.47. The zero-order chi connectivity index (χ0) is 21.7. The number of hydrogen-bond acceptors (Lipinski definition) is 5. The van der Waals surface area contributed by atoms with Gasteiger partial charge < -0.3 is 15.4 Å². The summed E-state index contributed by atoms with van der Waals surface area (Å²) in [5.74, 6) is -0.842. The first kappa shape index (κ1) is 22.1. The second-order valence-electron chi connectivity index (χ2n) is 6.91. The molecule has 1 atom stereocenters. The number of benzene rings is 2. The summed E-state index contributed by atoms with van der Waals surface area (Å²) >= 11 is 6.16. The number of halogens is 1. The van der Waals surface area contributed by atoms with Crippen LogP contribution in [0.2, 0.25) is 5.02 Å². The molecule has 8 nitrogen and oxygen atoms in total. The van der Waals surface area contributed by atoms with Crippen molar-refractivity contribution in [2.45, 2.75) is 18.9 Å². The largest absolute Gasteiger partial charge is 0.376 e. The SMILES string of the molecule is CS(=O)(=O)Nc1ccc(C(=O)Nc2ccccc2C(=O)NC[C@@H]2CCCO2)c(Cl)c1. The molecule has 0 unspecified atom stereocenters. The Bertz CT molecular complexity index is 1050. The number of rotatable bonds is 7. The van der Waals surface area contributed by atoms with E-state index in [1.165, 1.54) is 18.2 Å². The van der Waals surface area contributed by atoms with Gasteiger partial charge in [0.05, 0.1) is 34.2 Å². The third-order valence-corrected chi connectivity index (χ3v) is 5.37. The molecule has 1 aliphatic rings. The van der Waals surface area contributed by atoms with Gasteiger partial charge in [0.15, 0.2) is 0 Å². The summed E-state index contributed by atoms with van der Waals surface area (Å²) in [6.07, 6.45) is 2.91. The Morgan fingerprint density at radius 3 is 2.57 bits per heavy atom. The molecular formula is C20H22ClN3O5S. The predicted molar refractivity (Wildman–Crippen MR) is 116 cm³/mol. The van der Waals surface area contributed by atoms with Crippen molar-refractivity contribution in [3.63, 3.8) is 0 Å². The minimum absolute atomic E-state index is 0.00793. The van der Waals surface area contributed by atoms with Gasteiger partial charge in [-0.25, -0.2) is 8.42 Å². The quantitative estimate of drug-likeness (QED) is 0.599. The zero-order valence-corrected chi connectivity index (χ0v) is 17.8. The van der Waals surface area contributed by atoms with Crippen LogP contribution >= 0.6 is 11.6 Å². The molecule has 0 aliphatic carbocycles. The maximum absolute atomic E-state index is 12.7. The molecule has 30 heavy (non-hydrogen) atoms. The van der Waals surface area contributed by atoms with E-state index in [-0.39, 0.29) is 28.3 Å². The molecule has 1 saturated heterocycles. The smallest absolute Gasteiger partial charge is 0.257 e. The highest BCUT2D eigenvalue weighted by Gasteiger charge is 2.19. The number of carbonyl (C=O) groups excluding carboxylic acids is 2.